The van der Waals surface area contributed by atoms with E-state index in [2.05, 4.69) is 35.4 Å². The SMILES string of the molecule is CCCCN1C(=CC2=C(O)C(=C(C3=C(O)C(=Cc4ccc5ccccc5[n+]4C)C3=O)c3sc4ccccc4[n+]3CCCC)C2=O)Sc2ccccc21. The molecule has 0 saturated heterocycles. The van der Waals surface area contributed by atoms with Gasteiger partial charge in [-0.2, -0.15) is 9.13 Å². The molecule has 2 aromatic heterocycles. The van der Waals surface area contributed by atoms with Crippen molar-refractivity contribution in [3.63, 3.8) is 0 Å². The van der Waals surface area contributed by atoms with Gasteiger partial charge in [-0.1, -0.05) is 86.2 Å². The van der Waals surface area contributed by atoms with E-state index in [9.17, 15) is 19.8 Å². The zero-order valence-corrected chi connectivity index (χ0v) is 31.0. The Labute approximate surface area is 310 Å². The molecule has 0 unspecified atom stereocenters. The highest BCUT2D eigenvalue weighted by Gasteiger charge is 2.47. The van der Waals surface area contributed by atoms with Gasteiger partial charge in [-0.15, -0.1) is 0 Å². The number of para-hydroxylation sites is 3. The van der Waals surface area contributed by atoms with Gasteiger partial charge in [0, 0.05) is 47.5 Å². The zero-order valence-electron chi connectivity index (χ0n) is 29.3. The maximum atomic E-state index is 14.3. The van der Waals surface area contributed by atoms with Gasteiger partial charge in [0.05, 0.1) is 38.6 Å². The van der Waals surface area contributed by atoms with Gasteiger partial charge in [0.25, 0.3) is 5.01 Å². The van der Waals surface area contributed by atoms with E-state index in [0.717, 1.165) is 74.7 Å². The molecule has 8 rings (SSSR count). The maximum Gasteiger partial charge on any atom is 0.271 e. The van der Waals surface area contributed by atoms with Crippen LogP contribution in [-0.4, -0.2) is 28.3 Å². The van der Waals surface area contributed by atoms with E-state index >= 15 is 0 Å². The first-order valence-electron chi connectivity index (χ1n) is 17.8. The van der Waals surface area contributed by atoms with Gasteiger partial charge in [-0.25, -0.2) is 0 Å². The number of anilines is 1. The Morgan fingerprint density at radius 3 is 2.31 bits per heavy atom. The van der Waals surface area contributed by atoms with Gasteiger partial charge in [0.1, 0.15) is 23.3 Å². The number of pyridine rings is 1. The number of hydrogen-bond donors (Lipinski definition) is 2. The number of thioether (sulfide) groups is 1. The third kappa shape index (κ3) is 5.50. The first-order chi connectivity index (χ1) is 25.3. The molecule has 3 aliphatic rings. The molecule has 2 aliphatic carbocycles. The van der Waals surface area contributed by atoms with E-state index in [1.54, 1.807) is 23.9 Å². The number of allylic oxidation sites excluding steroid dienone is 6. The van der Waals surface area contributed by atoms with E-state index in [1.165, 1.54) is 11.3 Å². The van der Waals surface area contributed by atoms with Crippen molar-refractivity contribution in [1.82, 2.24) is 0 Å². The lowest BCUT2D eigenvalue weighted by molar-refractivity contribution is -0.669. The monoisotopic (exact) mass is 725 g/mol. The summed E-state index contributed by atoms with van der Waals surface area (Å²) in [6.07, 6.45) is 7.29. The molecule has 260 valence electrons. The third-order valence-electron chi connectivity index (χ3n) is 10.0. The predicted molar refractivity (Wildman–Crippen MR) is 209 cm³/mol. The minimum Gasteiger partial charge on any atom is -0.506 e. The van der Waals surface area contributed by atoms with E-state index < -0.39 is 0 Å². The molecule has 0 spiro atoms. The first-order valence-corrected chi connectivity index (χ1v) is 19.4. The van der Waals surface area contributed by atoms with E-state index in [0.29, 0.717) is 11.6 Å². The molecular formula is C43H39N3O4S2+2. The van der Waals surface area contributed by atoms with Crippen LogP contribution in [0.15, 0.2) is 135 Å². The van der Waals surface area contributed by atoms with Crippen LogP contribution in [0.25, 0.3) is 32.8 Å². The highest BCUT2D eigenvalue weighted by Crippen LogP contribution is 2.50. The lowest BCUT2D eigenvalue weighted by Crippen LogP contribution is -2.39. The van der Waals surface area contributed by atoms with E-state index in [-0.39, 0.29) is 51.0 Å². The molecule has 9 heteroatoms. The highest BCUT2D eigenvalue weighted by molar-refractivity contribution is 8.03. The number of unbranched alkanes of at least 4 members (excludes halogenated alkanes) is 2. The molecule has 0 amide bonds. The molecule has 52 heavy (non-hydrogen) atoms. The average Bonchev–Trinajstić information content (AvgIpc) is 3.72. The van der Waals surface area contributed by atoms with Gasteiger partial charge in [0.2, 0.25) is 28.3 Å². The van der Waals surface area contributed by atoms with Gasteiger partial charge in [-0.3, -0.25) is 9.59 Å². The number of hydrogen-bond acceptors (Lipinski definition) is 7. The summed E-state index contributed by atoms with van der Waals surface area (Å²) in [6, 6.07) is 28.0. The van der Waals surface area contributed by atoms with Crippen LogP contribution in [-0.2, 0) is 23.2 Å². The molecule has 1 aliphatic heterocycles. The summed E-state index contributed by atoms with van der Waals surface area (Å²) in [4.78, 5) is 31.9. The van der Waals surface area contributed by atoms with Crippen molar-refractivity contribution in [2.24, 2.45) is 7.05 Å². The van der Waals surface area contributed by atoms with Gasteiger partial charge < -0.3 is 15.1 Å². The molecule has 0 atom stereocenters. The van der Waals surface area contributed by atoms with Crippen molar-refractivity contribution in [1.29, 1.82) is 0 Å². The number of nitrogens with zero attached hydrogens (tertiary/aromatic N) is 3. The van der Waals surface area contributed by atoms with Crippen LogP contribution >= 0.6 is 23.1 Å². The largest absolute Gasteiger partial charge is 0.506 e. The van der Waals surface area contributed by atoms with Gasteiger partial charge in [0.15, 0.2) is 6.54 Å². The van der Waals surface area contributed by atoms with Crippen molar-refractivity contribution in [2.75, 3.05) is 11.4 Å². The fourth-order valence-corrected chi connectivity index (χ4v) is 9.53. The van der Waals surface area contributed by atoms with E-state index in [4.69, 9.17) is 0 Å². The van der Waals surface area contributed by atoms with Crippen LogP contribution < -0.4 is 14.0 Å². The smallest absolute Gasteiger partial charge is 0.271 e. The Morgan fingerprint density at radius 2 is 1.54 bits per heavy atom. The van der Waals surface area contributed by atoms with Gasteiger partial charge in [-0.05, 0) is 42.8 Å². The van der Waals surface area contributed by atoms with Crippen molar-refractivity contribution < 1.29 is 28.9 Å². The van der Waals surface area contributed by atoms with Crippen LogP contribution in [0.5, 0.6) is 0 Å². The number of aliphatic hydroxyl groups excluding tert-OH is 2. The van der Waals surface area contributed by atoms with Crippen LogP contribution in [0.2, 0.25) is 0 Å². The minimum absolute atomic E-state index is 0.0559. The number of aromatic nitrogens is 2. The lowest BCUT2D eigenvalue weighted by atomic mass is 9.76. The topological polar surface area (TPSA) is 85.6 Å². The number of carbonyl (C=O) groups excluding carboxylic acids is 2. The predicted octanol–water partition coefficient (Wildman–Crippen LogP) is 8.85. The van der Waals surface area contributed by atoms with E-state index in [1.807, 2.05) is 84.4 Å². The Balaban J connectivity index is 1.30. The summed E-state index contributed by atoms with van der Waals surface area (Å²) in [5.41, 5.74) is 4.59. The van der Waals surface area contributed by atoms with Crippen molar-refractivity contribution >= 4 is 73.1 Å². The molecule has 0 radical (unpaired) electrons. The fraction of sp³-hybridized carbons (Fsp3) is 0.209. The van der Waals surface area contributed by atoms with Crippen LogP contribution in [0.3, 0.4) is 0 Å². The quantitative estimate of drug-likeness (QED) is 0.111. The number of thiazole rings is 1. The second-order valence-electron chi connectivity index (χ2n) is 13.3. The van der Waals surface area contributed by atoms with Crippen LogP contribution in [0, 0.1) is 0 Å². The van der Waals surface area contributed by atoms with Crippen molar-refractivity contribution in [2.45, 2.75) is 51.0 Å². The fourth-order valence-electron chi connectivity index (χ4n) is 7.16. The summed E-state index contributed by atoms with van der Waals surface area (Å²) < 4.78 is 5.09. The standard InChI is InChI=1S/C43H37N3O4S2/c1-4-6-22-45-31-16-10-12-18-33(31)51-35(45)25-29-41(49)38(42(29)50)36(43-46(23-7-5-2)32-17-11-13-19-34(32)52-43)37-39(47)28(40(37)48)24-27-21-20-26-14-8-9-15-30(26)44(27)3/h8-21,24-25H,4-7,22-23H2,1-3H3/p+2. The number of ketones is 2. The Kier molecular flexibility index (Phi) is 8.93. The molecule has 3 heterocycles. The van der Waals surface area contributed by atoms with Gasteiger partial charge >= 0.3 is 0 Å². The maximum absolute atomic E-state index is 14.3. The third-order valence-corrected chi connectivity index (χ3v) is 12.3. The number of aryl methyl sites for hydroxylation is 2. The van der Waals surface area contributed by atoms with Crippen molar-refractivity contribution in [3.8, 4) is 0 Å². The second-order valence-corrected chi connectivity index (χ2v) is 15.4. The number of carbonyl (C=O) groups is 2. The summed E-state index contributed by atoms with van der Waals surface area (Å²) in [7, 11) is 1.93. The molecule has 3 aromatic carbocycles. The van der Waals surface area contributed by atoms with Crippen LogP contribution in [0.4, 0.5) is 5.69 Å². The molecule has 5 aromatic rings. The Morgan fingerprint density at radius 1 is 0.808 bits per heavy atom. The molecule has 2 N–H and O–H groups in total. The zero-order chi connectivity index (χ0) is 36.1. The van der Waals surface area contributed by atoms with Crippen LogP contribution in [0.1, 0.15) is 50.2 Å². The molecular weight excluding hydrogens is 687 g/mol. The average molecular weight is 726 g/mol. The Hall–Kier alpha value is -5.25. The minimum atomic E-state index is -0.368. The number of benzene rings is 3. The molecule has 7 nitrogen and oxygen atoms in total. The number of rotatable bonds is 10. The summed E-state index contributed by atoms with van der Waals surface area (Å²) >= 11 is 3.04. The summed E-state index contributed by atoms with van der Waals surface area (Å²) in [5.74, 6) is -1.06. The first kappa shape index (κ1) is 33.9. The molecule has 0 fully saturated rings. The number of fused-ring (bicyclic) bond motifs is 3. The summed E-state index contributed by atoms with van der Waals surface area (Å²) in [5, 5.41) is 26.2. The molecule has 0 bridgehead atoms. The lowest BCUT2D eigenvalue weighted by Gasteiger charge is -2.27. The normalized spacial score (nSPS) is 18.2. The number of Topliss-reactive ketones (excluding diaryl/α,β-unsaturated/α-hetero) is 2. The molecule has 0 saturated carbocycles. The number of aliphatic hydroxyl groups is 2. The highest BCUT2D eigenvalue weighted by atomic mass is 32.2. The Bertz CT molecular complexity index is 2500. The second kappa shape index (κ2) is 13.7. The summed E-state index contributed by atoms with van der Waals surface area (Å²) in [6.45, 7) is 5.72. The van der Waals surface area contributed by atoms with Crippen molar-refractivity contribution in [3.05, 3.63) is 141 Å².